The number of hydrogen-bond acceptors (Lipinski definition) is 3. The van der Waals surface area contributed by atoms with Gasteiger partial charge in [0.05, 0.1) is 6.26 Å². The maximum Gasteiger partial charge on any atom is 0.262 e. The van der Waals surface area contributed by atoms with Crippen LogP contribution in [-0.2, 0) is 0 Å². The average Bonchev–Trinajstić information content (AvgIpc) is 2.79. The fourth-order valence-corrected chi connectivity index (χ4v) is 1.60. The van der Waals surface area contributed by atoms with Gasteiger partial charge in [0, 0.05) is 5.56 Å². The molecule has 78 valence electrons. The Hall–Kier alpha value is -2.36. The maximum absolute atomic E-state index is 11.7. The van der Waals surface area contributed by atoms with Crippen molar-refractivity contribution in [2.45, 2.75) is 0 Å². The topological polar surface area (TPSA) is 58.9 Å². The zero-order chi connectivity index (χ0) is 11.0. The molecule has 0 aliphatic carbocycles. The number of aromatic amines is 1. The van der Waals surface area contributed by atoms with Crippen LogP contribution in [0.2, 0.25) is 0 Å². The molecule has 0 aliphatic heterocycles. The number of fused-ring (bicyclic) bond motifs is 1. The summed E-state index contributed by atoms with van der Waals surface area (Å²) in [7, 11) is 0. The third kappa shape index (κ3) is 1.32. The second-order valence-corrected chi connectivity index (χ2v) is 3.42. The molecule has 4 heteroatoms. The number of H-pyrrole nitrogens is 1. The van der Waals surface area contributed by atoms with Crippen LogP contribution >= 0.6 is 0 Å². The van der Waals surface area contributed by atoms with Crippen LogP contribution in [0, 0.1) is 0 Å². The van der Waals surface area contributed by atoms with Crippen molar-refractivity contribution in [3.63, 3.8) is 0 Å². The summed E-state index contributed by atoms with van der Waals surface area (Å²) in [4.78, 5) is 18.6. The molecule has 0 fully saturated rings. The van der Waals surface area contributed by atoms with Crippen molar-refractivity contribution in [3.05, 3.63) is 53.0 Å². The van der Waals surface area contributed by atoms with Crippen LogP contribution in [0.15, 0.2) is 51.9 Å². The molecule has 0 aliphatic rings. The Bertz CT molecular complexity index is 683. The Morgan fingerprint density at radius 1 is 1.12 bits per heavy atom. The SMILES string of the molecule is O=c1[nH]c(-c2ccccc2)nc2occc12. The Morgan fingerprint density at radius 3 is 2.75 bits per heavy atom. The lowest BCUT2D eigenvalue weighted by Gasteiger charge is -1.99. The van der Waals surface area contributed by atoms with E-state index < -0.39 is 0 Å². The first-order chi connectivity index (χ1) is 7.84. The summed E-state index contributed by atoms with van der Waals surface area (Å²) < 4.78 is 5.13. The van der Waals surface area contributed by atoms with Crippen LogP contribution in [-0.4, -0.2) is 9.97 Å². The van der Waals surface area contributed by atoms with Gasteiger partial charge in [0.2, 0.25) is 5.71 Å². The van der Waals surface area contributed by atoms with Crippen LogP contribution in [0.25, 0.3) is 22.5 Å². The summed E-state index contributed by atoms with van der Waals surface area (Å²) in [6, 6.07) is 11.1. The van der Waals surface area contributed by atoms with Gasteiger partial charge in [0.15, 0.2) is 0 Å². The molecule has 16 heavy (non-hydrogen) atoms. The molecule has 1 N–H and O–H groups in total. The highest BCUT2D eigenvalue weighted by molar-refractivity contribution is 5.74. The standard InChI is InChI=1S/C12H8N2O2/c15-11-9-6-7-16-12(9)14-10(13-11)8-4-2-1-3-5-8/h1-7H,(H,13,14,15). The van der Waals surface area contributed by atoms with E-state index in [1.807, 2.05) is 30.3 Å². The minimum atomic E-state index is -0.183. The predicted octanol–water partition coefficient (Wildman–Crippen LogP) is 2.18. The lowest BCUT2D eigenvalue weighted by Crippen LogP contribution is -2.07. The van der Waals surface area contributed by atoms with Crippen molar-refractivity contribution >= 4 is 11.1 Å². The highest BCUT2D eigenvalue weighted by Crippen LogP contribution is 2.15. The van der Waals surface area contributed by atoms with Gasteiger partial charge in [-0.1, -0.05) is 30.3 Å². The van der Waals surface area contributed by atoms with Crippen molar-refractivity contribution in [1.29, 1.82) is 0 Å². The van der Waals surface area contributed by atoms with Crippen molar-refractivity contribution in [3.8, 4) is 11.4 Å². The first-order valence-electron chi connectivity index (χ1n) is 4.87. The number of rotatable bonds is 1. The first-order valence-corrected chi connectivity index (χ1v) is 4.87. The van der Waals surface area contributed by atoms with Crippen molar-refractivity contribution < 1.29 is 4.42 Å². The molecule has 1 aromatic carbocycles. The Balaban J connectivity index is 2.30. The summed E-state index contributed by atoms with van der Waals surface area (Å²) in [5.41, 5.74) is 1.04. The molecule has 3 rings (SSSR count). The van der Waals surface area contributed by atoms with E-state index >= 15 is 0 Å². The van der Waals surface area contributed by atoms with Crippen LogP contribution < -0.4 is 5.56 Å². The fourth-order valence-electron chi connectivity index (χ4n) is 1.60. The number of nitrogens with zero attached hydrogens (tertiary/aromatic N) is 1. The van der Waals surface area contributed by atoms with Gasteiger partial charge < -0.3 is 9.40 Å². The van der Waals surface area contributed by atoms with Gasteiger partial charge in [-0.3, -0.25) is 4.79 Å². The largest absolute Gasteiger partial charge is 0.446 e. The molecule has 0 bridgehead atoms. The van der Waals surface area contributed by atoms with E-state index in [9.17, 15) is 4.79 Å². The monoisotopic (exact) mass is 212 g/mol. The number of furan rings is 1. The van der Waals surface area contributed by atoms with Gasteiger partial charge in [0.25, 0.3) is 5.56 Å². The van der Waals surface area contributed by atoms with E-state index in [2.05, 4.69) is 9.97 Å². The number of hydrogen-bond donors (Lipinski definition) is 1. The Kier molecular flexibility index (Phi) is 1.86. The quantitative estimate of drug-likeness (QED) is 0.672. The average molecular weight is 212 g/mol. The van der Waals surface area contributed by atoms with Gasteiger partial charge in [0.1, 0.15) is 11.2 Å². The Labute approximate surface area is 90.6 Å². The molecular formula is C12H8N2O2. The summed E-state index contributed by atoms with van der Waals surface area (Å²) >= 11 is 0. The molecule has 0 saturated carbocycles. The molecule has 2 aromatic heterocycles. The molecule has 0 spiro atoms. The summed E-state index contributed by atoms with van der Waals surface area (Å²) in [6.07, 6.45) is 1.46. The third-order valence-corrected chi connectivity index (χ3v) is 2.38. The van der Waals surface area contributed by atoms with Gasteiger partial charge in [-0.05, 0) is 6.07 Å². The van der Waals surface area contributed by atoms with Crippen molar-refractivity contribution in [1.82, 2.24) is 9.97 Å². The van der Waals surface area contributed by atoms with E-state index in [0.717, 1.165) is 5.56 Å². The lowest BCUT2D eigenvalue weighted by molar-refractivity contribution is 0.602. The second-order valence-electron chi connectivity index (χ2n) is 3.42. The molecular weight excluding hydrogens is 204 g/mol. The molecule has 0 radical (unpaired) electrons. The molecule has 0 amide bonds. The zero-order valence-electron chi connectivity index (χ0n) is 8.31. The molecule has 0 saturated heterocycles. The van der Waals surface area contributed by atoms with Gasteiger partial charge in [-0.15, -0.1) is 0 Å². The Morgan fingerprint density at radius 2 is 1.94 bits per heavy atom. The first kappa shape index (κ1) is 8.91. The second kappa shape index (κ2) is 3.34. The van der Waals surface area contributed by atoms with Gasteiger partial charge in [-0.25, -0.2) is 0 Å². The number of benzene rings is 1. The zero-order valence-corrected chi connectivity index (χ0v) is 8.31. The summed E-state index contributed by atoms with van der Waals surface area (Å²) in [5.74, 6) is 0.521. The summed E-state index contributed by atoms with van der Waals surface area (Å²) in [6.45, 7) is 0. The minimum Gasteiger partial charge on any atom is -0.446 e. The molecule has 0 unspecified atom stereocenters. The number of nitrogens with one attached hydrogen (secondary N) is 1. The predicted molar refractivity (Wildman–Crippen MR) is 60.1 cm³/mol. The maximum atomic E-state index is 11.7. The van der Waals surface area contributed by atoms with Crippen LogP contribution in [0.3, 0.4) is 0 Å². The molecule has 2 heterocycles. The van der Waals surface area contributed by atoms with E-state index in [4.69, 9.17) is 4.42 Å². The van der Waals surface area contributed by atoms with Crippen LogP contribution in [0.5, 0.6) is 0 Å². The lowest BCUT2D eigenvalue weighted by atomic mass is 10.2. The minimum absolute atomic E-state index is 0.183. The molecule has 4 nitrogen and oxygen atoms in total. The molecule has 3 aromatic rings. The highest BCUT2D eigenvalue weighted by atomic mass is 16.3. The molecule has 0 atom stereocenters. The third-order valence-electron chi connectivity index (χ3n) is 2.38. The van der Waals surface area contributed by atoms with E-state index in [1.165, 1.54) is 6.26 Å². The smallest absolute Gasteiger partial charge is 0.262 e. The van der Waals surface area contributed by atoms with Crippen molar-refractivity contribution in [2.75, 3.05) is 0 Å². The number of aromatic nitrogens is 2. The summed E-state index contributed by atoms with van der Waals surface area (Å²) in [5, 5.41) is 0.472. The fraction of sp³-hybridized carbons (Fsp3) is 0. The highest BCUT2D eigenvalue weighted by Gasteiger charge is 2.07. The van der Waals surface area contributed by atoms with Crippen molar-refractivity contribution in [2.24, 2.45) is 0 Å². The van der Waals surface area contributed by atoms with Gasteiger partial charge in [-0.2, -0.15) is 4.98 Å². The van der Waals surface area contributed by atoms with Gasteiger partial charge >= 0.3 is 0 Å². The normalized spacial score (nSPS) is 10.8. The van der Waals surface area contributed by atoms with Crippen LogP contribution in [0.4, 0.5) is 0 Å². The van der Waals surface area contributed by atoms with E-state index in [0.29, 0.717) is 16.9 Å². The van der Waals surface area contributed by atoms with Crippen LogP contribution in [0.1, 0.15) is 0 Å². The van der Waals surface area contributed by atoms with E-state index in [1.54, 1.807) is 6.07 Å². The van der Waals surface area contributed by atoms with E-state index in [-0.39, 0.29) is 5.56 Å².